The molecular formula is C13H9Cl2N5. The quantitative estimate of drug-likeness (QED) is 0.738. The van der Waals surface area contributed by atoms with Crippen LogP contribution in [0.2, 0.25) is 10.0 Å². The molecule has 0 saturated carbocycles. The molecule has 3 aromatic rings. The second-order valence-electron chi connectivity index (χ2n) is 4.09. The largest absolute Gasteiger partial charge is 0.398 e. The van der Waals surface area contributed by atoms with E-state index in [2.05, 4.69) is 15.5 Å². The highest BCUT2D eigenvalue weighted by Gasteiger charge is 2.16. The fraction of sp³-hybridized carbons (Fsp3) is 0. The molecule has 0 fully saturated rings. The SMILES string of the molecule is Nc1cccc(Cl)c1-c1nnnn1-c1ccc(Cl)cc1. The molecule has 0 amide bonds. The first kappa shape index (κ1) is 12.9. The van der Waals surface area contributed by atoms with Crippen molar-refractivity contribution in [3.63, 3.8) is 0 Å². The Morgan fingerprint density at radius 2 is 1.75 bits per heavy atom. The molecule has 2 aromatic carbocycles. The van der Waals surface area contributed by atoms with Gasteiger partial charge in [0.15, 0.2) is 5.82 Å². The Morgan fingerprint density at radius 1 is 1.00 bits per heavy atom. The molecule has 0 bridgehead atoms. The number of nitrogens with two attached hydrogens (primary N) is 1. The van der Waals surface area contributed by atoms with E-state index < -0.39 is 0 Å². The molecule has 1 heterocycles. The number of benzene rings is 2. The number of anilines is 1. The smallest absolute Gasteiger partial charge is 0.190 e. The predicted molar refractivity (Wildman–Crippen MR) is 79.0 cm³/mol. The molecule has 0 radical (unpaired) electrons. The minimum absolute atomic E-state index is 0.482. The molecule has 0 unspecified atom stereocenters. The first-order valence-corrected chi connectivity index (χ1v) is 6.51. The standard InChI is InChI=1S/C13H9Cl2N5/c14-8-4-6-9(7-5-8)20-13(17-18-19-20)12-10(15)2-1-3-11(12)16/h1-7H,16H2. The van der Waals surface area contributed by atoms with E-state index >= 15 is 0 Å². The van der Waals surface area contributed by atoms with Crippen LogP contribution in [0.15, 0.2) is 42.5 Å². The van der Waals surface area contributed by atoms with Gasteiger partial charge in [0.2, 0.25) is 0 Å². The summed E-state index contributed by atoms with van der Waals surface area (Å²) in [6, 6.07) is 12.4. The Labute approximate surface area is 124 Å². The van der Waals surface area contributed by atoms with Crippen molar-refractivity contribution in [1.82, 2.24) is 20.2 Å². The topological polar surface area (TPSA) is 69.6 Å². The molecular weight excluding hydrogens is 297 g/mol. The second kappa shape index (κ2) is 5.11. The highest BCUT2D eigenvalue weighted by Crippen LogP contribution is 2.32. The number of hydrogen-bond donors (Lipinski definition) is 1. The number of nitrogen functional groups attached to an aromatic ring is 1. The lowest BCUT2D eigenvalue weighted by Crippen LogP contribution is -2.02. The first-order chi connectivity index (χ1) is 9.66. The van der Waals surface area contributed by atoms with Gasteiger partial charge in [0.1, 0.15) is 0 Å². The summed E-state index contributed by atoms with van der Waals surface area (Å²) >= 11 is 12.1. The summed E-state index contributed by atoms with van der Waals surface area (Å²) in [5, 5.41) is 12.8. The molecule has 7 heteroatoms. The molecule has 0 aliphatic rings. The average molecular weight is 306 g/mol. The summed E-state index contributed by atoms with van der Waals surface area (Å²) in [4.78, 5) is 0. The third-order valence-electron chi connectivity index (χ3n) is 2.81. The molecule has 1 aromatic heterocycles. The minimum atomic E-state index is 0.482. The van der Waals surface area contributed by atoms with E-state index in [-0.39, 0.29) is 0 Å². The molecule has 5 nitrogen and oxygen atoms in total. The maximum absolute atomic E-state index is 6.20. The highest BCUT2D eigenvalue weighted by atomic mass is 35.5. The zero-order valence-electron chi connectivity index (χ0n) is 10.2. The fourth-order valence-corrected chi connectivity index (χ4v) is 2.27. The first-order valence-electron chi connectivity index (χ1n) is 5.75. The monoisotopic (exact) mass is 305 g/mol. The number of rotatable bonds is 2. The van der Waals surface area contributed by atoms with E-state index in [4.69, 9.17) is 28.9 Å². The lowest BCUT2D eigenvalue weighted by molar-refractivity contribution is 0.791. The van der Waals surface area contributed by atoms with Crippen LogP contribution in [0.4, 0.5) is 5.69 Å². The van der Waals surface area contributed by atoms with Crippen molar-refractivity contribution in [3.05, 3.63) is 52.5 Å². The van der Waals surface area contributed by atoms with Gasteiger partial charge in [-0.15, -0.1) is 5.10 Å². The zero-order valence-corrected chi connectivity index (χ0v) is 11.7. The van der Waals surface area contributed by atoms with Gasteiger partial charge in [-0.3, -0.25) is 0 Å². The van der Waals surface area contributed by atoms with Crippen LogP contribution in [-0.2, 0) is 0 Å². The van der Waals surface area contributed by atoms with Gasteiger partial charge in [0, 0.05) is 10.7 Å². The van der Waals surface area contributed by atoms with E-state index in [9.17, 15) is 0 Å². The number of tetrazole rings is 1. The lowest BCUT2D eigenvalue weighted by Gasteiger charge is -2.08. The van der Waals surface area contributed by atoms with E-state index in [1.54, 1.807) is 35.0 Å². The lowest BCUT2D eigenvalue weighted by atomic mass is 10.1. The number of nitrogens with zero attached hydrogens (tertiary/aromatic N) is 4. The van der Waals surface area contributed by atoms with Gasteiger partial charge in [0.25, 0.3) is 0 Å². The van der Waals surface area contributed by atoms with Crippen molar-refractivity contribution in [2.45, 2.75) is 0 Å². The van der Waals surface area contributed by atoms with Crippen molar-refractivity contribution >= 4 is 28.9 Å². The molecule has 100 valence electrons. The Bertz CT molecular complexity index is 731. The summed E-state index contributed by atoms with van der Waals surface area (Å²) < 4.78 is 1.56. The molecule has 0 spiro atoms. The third kappa shape index (κ3) is 2.21. The summed E-state index contributed by atoms with van der Waals surface area (Å²) in [5.41, 5.74) is 7.86. The van der Waals surface area contributed by atoms with Crippen LogP contribution in [0, 0.1) is 0 Å². The van der Waals surface area contributed by atoms with Crippen LogP contribution in [-0.4, -0.2) is 20.2 Å². The van der Waals surface area contributed by atoms with Gasteiger partial charge in [-0.05, 0) is 46.8 Å². The van der Waals surface area contributed by atoms with Gasteiger partial charge < -0.3 is 5.73 Å². The average Bonchev–Trinajstić information content (AvgIpc) is 2.88. The van der Waals surface area contributed by atoms with Gasteiger partial charge in [-0.2, -0.15) is 4.68 Å². The Hall–Kier alpha value is -2.11. The maximum atomic E-state index is 6.20. The Balaban J connectivity index is 2.18. The van der Waals surface area contributed by atoms with Crippen LogP contribution in [0.5, 0.6) is 0 Å². The Morgan fingerprint density at radius 3 is 2.45 bits per heavy atom. The minimum Gasteiger partial charge on any atom is -0.398 e. The highest BCUT2D eigenvalue weighted by molar-refractivity contribution is 6.33. The van der Waals surface area contributed by atoms with Crippen LogP contribution in [0.25, 0.3) is 17.1 Å². The van der Waals surface area contributed by atoms with Crippen LogP contribution >= 0.6 is 23.2 Å². The van der Waals surface area contributed by atoms with Crippen molar-refractivity contribution in [2.24, 2.45) is 0 Å². The predicted octanol–water partition coefficient (Wildman–Crippen LogP) is 3.22. The zero-order chi connectivity index (χ0) is 14.1. The number of hydrogen-bond acceptors (Lipinski definition) is 4. The molecule has 3 rings (SSSR count). The molecule has 2 N–H and O–H groups in total. The van der Waals surface area contributed by atoms with E-state index in [0.717, 1.165) is 5.69 Å². The third-order valence-corrected chi connectivity index (χ3v) is 3.38. The number of halogens is 2. The van der Waals surface area contributed by atoms with Crippen molar-refractivity contribution in [3.8, 4) is 17.1 Å². The second-order valence-corrected chi connectivity index (χ2v) is 4.94. The molecule has 0 saturated heterocycles. The summed E-state index contributed by atoms with van der Waals surface area (Å²) in [6.07, 6.45) is 0. The summed E-state index contributed by atoms with van der Waals surface area (Å²) in [7, 11) is 0. The van der Waals surface area contributed by atoms with Crippen molar-refractivity contribution in [2.75, 3.05) is 5.73 Å². The van der Waals surface area contributed by atoms with Gasteiger partial charge in [-0.1, -0.05) is 29.3 Å². The fourth-order valence-electron chi connectivity index (χ4n) is 1.88. The summed E-state index contributed by atoms with van der Waals surface area (Å²) in [5.74, 6) is 0.482. The molecule has 0 atom stereocenters. The van der Waals surface area contributed by atoms with E-state index in [0.29, 0.717) is 27.1 Å². The number of aromatic nitrogens is 4. The van der Waals surface area contributed by atoms with Crippen LogP contribution in [0.3, 0.4) is 0 Å². The summed E-state index contributed by atoms with van der Waals surface area (Å²) in [6.45, 7) is 0. The van der Waals surface area contributed by atoms with Crippen LogP contribution in [0.1, 0.15) is 0 Å². The maximum Gasteiger partial charge on any atom is 0.190 e. The van der Waals surface area contributed by atoms with E-state index in [1.807, 2.05) is 12.1 Å². The van der Waals surface area contributed by atoms with Gasteiger partial charge in [0.05, 0.1) is 16.3 Å². The van der Waals surface area contributed by atoms with Crippen molar-refractivity contribution < 1.29 is 0 Å². The molecule has 0 aliphatic heterocycles. The normalized spacial score (nSPS) is 10.7. The van der Waals surface area contributed by atoms with Gasteiger partial charge in [-0.25, -0.2) is 0 Å². The molecule has 20 heavy (non-hydrogen) atoms. The van der Waals surface area contributed by atoms with Crippen LogP contribution < -0.4 is 5.73 Å². The Kier molecular flexibility index (Phi) is 3.30. The van der Waals surface area contributed by atoms with Crippen molar-refractivity contribution in [1.29, 1.82) is 0 Å². The van der Waals surface area contributed by atoms with Gasteiger partial charge >= 0.3 is 0 Å². The molecule has 0 aliphatic carbocycles. The van der Waals surface area contributed by atoms with E-state index in [1.165, 1.54) is 0 Å².